The molecule has 0 aliphatic carbocycles. The van der Waals surface area contributed by atoms with Gasteiger partial charge in [-0.1, -0.05) is 18.2 Å². The van der Waals surface area contributed by atoms with E-state index >= 15 is 0 Å². The number of ether oxygens (including phenoxy) is 1. The number of methoxy groups -OCH3 is 1. The van der Waals surface area contributed by atoms with Crippen LogP contribution in [0.2, 0.25) is 0 Å². The highest BCUT2D eigenvalue weighted by atomic mass is 32.1. The Labute approximate surface area is 123 Å². The van der Waals surface area contributed by atoms with Crippen LogP contribution in [0.4, 0.5) is 5.69 Å². The molecule has 0 atom stereocenters. The lowest BCUT2D eigenvalue weighted by atomic mass is 10.1. The summed E-state index contributed by atoms with van der Waals surface area (Å²) in [6, 6.07) is 5.98. The second-order valence-corrected chi connectivity index (χ2v) is 5.69. The minimum Gasteiger partial charge on any atom is -0.397 e. The molecule has 2 rings (SSSR count). The summed E-state index contributed by atoms with van der Waals surface area (Å²) in [6.07, 6.45) is 0. The first kappa shape index (κ1) is 14.8. The third kappa shape index (κ3) is 2.64. The second kappa shape index (κ2) is 6.24. The van der Waals surface area contributed by atoms with E-state index < -0.39 is 0 Å². The first-order valence-corrected chi connectivity index (χ1v) is 7.47. The fourth-order valence-corrected chi connectivity index (χ4v) is 3.34. The van der Waals surface area contributed by atoms with Crippen molar-refractivity contribution in [2.75, 3.05) is 32.5 Å². The van der Waals surface area contributed by atoms with Gasteiger partial charge in [0.05, 0.1) is 12.3 Å². The van der Waals surface area contributed by atoms with Crippen molar-refractivity contribution in [1.29, 1.82) is 0 Å². The number of carbonyl (C=O) groups excluding carboxylic acids is 1. The molecule has 0 radical (unpaired) electrons. The van der Waals surface area contributed by atoms with Crippen LogP contribution in [-0.4, -0.2) is 37.6 Å². The highest BCUT2D eigenvalue weighted by Gasteiger charge is 2.21. The normalized spacial score (nSPS) is 10.9. The molecule has 0 saturated heterocycles. The van der Waals surface area contributed by atoms with Gasteiger partial charge in [-0.15, -0.1) is 11.3 Å². The monoisotopic (exact) mass is 292 g/mol. The fourth-order valence-electron chi connectivity index (χ4n) is 2.19. The molecule has 2 aromatic rings. The number of thiophene rings is 1. The summed E-state index contributed by atoms with van der Waals surface area (Å²) in [5.41, 5.74) is 7.90. The van der Waals surface area contributed by atoms with Crippen molar-refractivity contribution in [1.82, 2.24) is 4.90 Å². The van der Waals surface area contributed by atoms with E-state index in [-0.39, 0.29) is 5.91 Å². The maximum absolute atomic E-state index is 12.6. The van der Waals surface area contributed by atoms with E-state index in [2.05, 4.69) is 0 Å². The Hall–Kier alpha value is -1.59. The Morgan fingerprint density at radius 2 is 2.20 bits per heavy atom. The average molecular weight is 292 g/mol. The van der Waals surface area contributed by atoms with Gasteiger partial charge in [0, 0.05) is 30.3 Å². The third-order valence-electron chi connectivity index (χ3n) is 3.38. The number of anilines is 1. The molecular formula is C15H20N2O2S. The fraction of sp³-hybridized carbons (Fsp3) is 0.400. The highest BCUT2D eigenvalue weighted by Crippen LogP contribution is 2.36. The van der Waals surface area contributed by atoms with Crippen LogP contribution in [0.15, 0.2) is 18.2 Å². The number of aryl methyl sites for hydroxylation is 1. The van der Waals surface area contributed by atoms with Gasteiger partial charge in [0.15, 0.2) is 0 Å². The van der Waals surface area contributed by atoms with Crippen molar-refractivity contribution in [2.45, 2.75) is 13.8 Å². The zero-order valence-corrected chi connectivity index (χ0v) is 12.9. The molecule has 2 N–H and O–H groups in total. The van der Waals surface area contributed by atoms with Crippen LogP contribution in [0.25, 0.3) is 10.1 Å². The van der Waals surface area contributed by atoms with Crippen LogP contribution in [0.3, 0.4) is 0 Å². The van der Waals surface area contributed by atoms with Gasteiger partial charge in [-0.3, -0.25) is 4.79 Å². The van der Waals surface area contributed by atoms with Crippen molar-refractivity contribution in [3.05, 3.63) is 28.6 Å². The molecule has 1 amide bonds. The molecule has 0 aliphatic heterocycles. The van der Waals surface area contributed by atoms with Crippen LogP contribution in [-0.2, 0) is 4.74 Å². The molecule has 108 valence electrons. The number of carbonyl (C=O) groups is 1. The van der Waals surface area contributed by atoms with Gasteiger partial charge in [0.25, 0.3) is 5.91 Å². The maximum atomic E-state index is 12.6. The Bertz CT molecular complexity index is 622. The molecule has 20 heavy (non-hydrogen) atoms. The lowest BCUT2D eigenvalue weighted by Crippen LogP contribution is -2.33. The molecule has 1 aromatic heterocycles. The number of nitrogens with two attached hydrogens (primary N) is 1. The van der Waals surface area contributed by atoms with Crippen molar-refractivity contribution in [3.63, 3.8) is 0 Å². The number of hydrogen-bond acceptors (Lipinski definition) is 4. The summed E-state index contributed by atoms with van der Waals surface area (Å²) in [5, 5.41) is 0.973. The average Bonchev–Trinajstić information content (AvgIpc) is 2.78. The number of nitrogens with zero attached hydrogens (tertiary/aromatic N) is 1. The number of benzene rings is 1. The number of likely N-dealkylation sites (N-methyl/N-ethyl adjacent to an activating group) is 1. The number of fused-ring (bicyclic) bond motifs is 1. The van der Waals surface area contributed by atoms with Gasteiger partial charge >= 0.3 is 0 Å². The molecule has 0 aliphatic rings. The van der Waals surface area contributed by atoms with Gasteiger partial charge in [-0.05, 0) is 19.4 Å². The lowest BCUT2D eigenvalue weighted by molar-refractivity contribution is 0.0712. The summed E-state index contributed by atoms with van der Waals surface area (Å²) in [4.78, 5) is 15.0. The first-order chi connectivity index (χ1) is 9.60. The van der Waals surface area contributed by atoms with Crippen LogP contribution in [0.5, 0.6) is 0 Å². The van der Waals surface area contributed by atoms with Crippen LogP contribution < -0.4 is 5.73 Å². The standard InChI is InChI=1S/C15H20N2O2S/c1-4-17(8-9-19-3)15(18)14-12(16)11-7-5-6-10(2)13(11)20-14/h5-7H,4,8-9,16H2,1-3H3. The van der Waals surface area contributed by atoms with E-state index in [0.29, 0.717) is 30.3 Å². The summed E-state index contributed by atoms with van der Waals surface area (Å²) in [7, 11) is 1.63. The zero-order chi connectivity index (χ0) is 14.7. The van der Waals surface area contributed by atoms with E-state index in [1.165, 1.54) is 11.3 Å². The van der Waals surface area contributed by atoms with E-state index in [1.807, 2.05) is 32.0 Å². The number of hydrogen-bond donors (Lipinski definition) is 1. The minimum atomic E-state index is -0.0114. The van der Waals surface area contributed by atoms with Gasteiger partial charge in [-0.2, -0.15) is 0 Å². The third-order valence-corrected chi connectivity index (χ3v) is 4.72. The molecule has 0 spiro atoms. The Balaban J connectivity index is 2.39. The lowest BCUT2D eigenvalue weighted by Gasteiger charge is -2.19. The highest BCUT2D eigenvalue weighted by molar-refractivity contribution is 7.21. The molecule has 0 bridgehead atoms. The van der Waals surface area contributed by atoms with Gasteiger partial charge < -0.3 is 15.4 Å². The number of amides is 1. The Morgan fingerprint density at radius 3 is 2.80 bits per heavy atom. The van der Waals surface area contributed by atoms with Crippen LogP contribution in [0.1, 0.15) is 22.2 Å². The molecule has 0 unspecified atom stereocenters. The smallest absolute Gasteiger partial charge is 0.266 e. The topological polar surface area (TPSA) is 55.6 Å². The van der Waals surface area contributed by atoms with Gasteiger partial charge in [-0.25, -0.2) is 0 Å². The summed E-state index contributed by atoms with van der Waals surface area (Å²) < 4.78 is 6.14. The minimum absolute atomic E-state index is 0.0114. The summed E-state index contributed by atoms with van der Waals surface area (Å²) >= 11 is 1.48. The van der Waals surface area contributed by atoms with Gasteiger partial charge in [0.1, 0.15) is 4.88 Å². The Morgan fingerprint density at radius 1 is 1.45 bits per heavy atom. The number of nitrogen functional groups attached to an aromatic ring is 1. The molecule has 0 fully saturated rings. The quantitative estimate of drug-likeness (QED) is 0.922. The SMILES string of the molecule is CCN(CCOC)C(=O)c1sc2c(C)cccc2c1N. The molecule has 0 saturated carbocycles. The molecule has 1 heterocycles. The maximum Gasteiger partial charge on any atom is 0.266 e. The largest absolute Gasteiger partial charge is 0.397 e. The van der Waals surface area contributed by atoms with Crippen molar-refractivity contribution in [3.8, 4) is 0 Å². The van der Waals surface area contributed by atoms with Crippen molar-refractivity contribution >= 4 is 33.0 Å². The van der Waals surface area contributed by atoms with E-state index in [1.54, 1.807) is 12.0 Å². The van der Waals surface area contributed by atoms with E-state index in [0.717, 1.165) is 15.6 Å². The molecular weight excluding hydrogens is 272 g/mol. The summed E-state index contributed by atoms with van der Waals surface area (Å²) in [6.45, 7) is 5.76. The van der Waals surface area contributed by atoms with Crippen molar-refractivity contribution in [2.24, 2.45) is 0 Å². The van der Waals surface area contributed by atoms with Gasteiger partial charge in [0.2, 0.25) is 0 Å². The van der Waals surface area contributed by atoms with Crippen molar-refractivity contribution < 1.29 is 9.53 Å². The Kier molecular flexibility index (Phi) is 4.62. The van der Waals surface area contributed by atoms with E-state index in [4.69, 9.17) is 10.5 Å². The first-order valence-electron chi connectivity index (χ1n) is 6.66. The molecule has 1 aromatic carbocycles. The number of rotatable bonds is 5. The van der Waals surface area contributed by atoms with E-state index in [9.17, 15) is 4.79 Å². The second-order valence-electron chi connectivity index (χ2n) is 4.67. The molecule has 5 heteroatoms. The summed E-state index contributed by atoms with van der Waals surface area (Å²) in [5.74, 6) is -0.0114. The predicted molar refractivity (Wildman–Crippen MR) is 84.4 cm³/mol. The predicted octanol–water partition coefficient (Wildman–Crippen LogP) is 2.90. The molecule has 4 nitrogen and oxygen atoms in total. The zero-order valence-electron chi connectivity index (χ0n) is 12.1. The van der Waals surface area contributed by atoms with Crippen LogP contribution >= 0.6 is 11.3 Å². The van der Waals surface area contributed by atoms with Crippen LogP contribution in [0, 0.1) is 6.92 Å².